The molecule has 0 aromatic heterocycles. The van der Waals surface area contributed by atoms with Crippen LogP contribution in [0.1, 0.15) is 38.5 Å². The highest BCUT2D eigenvalue weighted by Gasteiger charge is 2.20. The van der Waals surface area contributed by atoms with E-state index in [1.54, 1.807) is 0 Å². The molecule has 0 aliphatic heterocycles. The van der Waals surface area contributed by atoms with E-state index in [1.165, 1.54) is 25.7 Å². The molecule has 0 spiro atoms. The first kappa shape index (κ1) is 17.1. The number of hydrogen-bond donors (Lipinski definition) is 2. The maximum absolute atomic E-state index is 11.8. The molecule has 22 heavy (non-hydrogen) atoms. The zero-order valence-electron chi connectivity index (χ0n) is 12.8. The van der Waals surface area contributed by atoms with Gasteiger partial charge in [0.1, 0.15) is 5.75 Å². The fraction of sp³-hybridized carbons (Fsp3) is 0.588. The van der Waals surface area contributed by atoms with E-state index >= 15 is 0 Å². The van der Waals surface area contributed by atoms with Crippen LogP contribution in [0, 0.1) is 5.92 Å². The normalized spacial score (nSPS) is 17.8. The van der Waals surface area contributed by atoms with E-state index in [0.29, 0.717) is 12.6 Å². The number of anilines is 1. The van der Waals surface area contributed by atoms with Crippen molar-refractivity contribution in [3.8, 4) is 5.75 Å². The molecular weight excluding hydrogens is 300 g/mol. The largest absolute Gasteiger partial charge is 0.490 e. The van der Waals surface area contributed by atoms with E-state index in [9.17, 15) is 4.79 Å². The molecule has 0 saturated heterocycles. The van der Waals surface area contributed by atoms with Gasteiger partial charge in [-0.05, 0) is 75.3 Å². The lowest BCUT2D eigenvalue weighted by Gasteiger charge is -2.13. The van der Waals surface area contributed by atoms with E-state index in [1.807, 2.05) is 24.3 Å². The first-order chi connectivity index (χ1) is 10.3. The minimum Gasteiger partial charge on any atom is -0.490 e. The first-order valence-corrected chi connectivity index (χ1v) is 8.07. The molecule has 1 aromatic carbocycles. The average Bonchev–Trinajstić information content (AvgIpc) is 3.16. The highest BCUT2D eigenvalue weighted by atomic mass is 35.5. The smallest absolute Gasteiger partial charge is 0.238 e. The summed E-state index contributed by atoms with van der Waals surface area (Å²) in [6, 6.07) is 7.68. The third kappa shape index (κ3) is 5.50. The second-order valence-corrected chi connectivity index (χ2v) is 6.17. The zero-order valence-corrected chi connectivity index (χ0v) is 13.7. The summed E-state index contributed by atoms with van der Waals surface area (Å²) < 4.78 is 5.91. The van der Waals surface area contributed by atoms with Crippen LogP contribution >= 0.6 is 12.4 Å². The Morgan fingerprint density at radius 2 is 1.77 bits per heavy atom. The van der Waals surface area contributed by atoms with E-state index in [2.05, 4.69) is 10.6 Å². The number of carbonyl (C=O) groups is 1. The number of amides is 1. The lowest BCUT2D eigenvalue weighted by Crippen LogP contribution is -2.29. The number of halogens is 1. The van der Waals surface area contributed by atoms with Crippen LogP contribution in [0.25, 0.3) is 0 Å². The first-order valence-electron chi connectivity index (χ1n) is 8.07. The maximum atomic E-state index is 11.8. The van der Waals surface area contributed by atoms with Gasteiger partial charge < -0.3 is 15.4 Å². The van der Waals surface area contributed by atoms with Gasteiger partial charge in [0.15, 0.2) is 0 Å². The Hall–Kier alpha value is -1.26. The number of ether oxygens (including phenoxy) is 1. The van der Waals surface area contributed by atoms with Gasteiger partial charge in [-0.3, -0.25) is 4.79 Å². The third-order valence-electron chi connectivity index (χ3n) is 4.16. The van der Waals surface area contributed by atoms with Crippen LogP contribution in [0.3, 0.4) is 0 Å². The van der Waals surface area contributed by atoms with Crippen LogP contribution in [0.2, 0.25) is 0 Å². The fourth-order valence-corrected chi connectivity index (χ4v) is 2.73. The molecule has 1 amide bonds. The molecule has 4 nitrogen and oxygen atoms in total. The van der Waals surface area contributed by atoms with Gasteiger partial charge in [0.2, 0.25) is 5.91 Å². The van der Waals surface area contributed by atoms with Crippen LogP contribution < -0.4 is 15.4 Å². The summed E-state index contributed by atoms with van der Waals surface area (Å²) in [5.74, 6) is 1.71. The number of carbonyl (C=O) groups excluding carboxylic acids is 1. The van der Waals surface area contributed by atoms with Gasteiger partial charge in [-0.1, -0.05) is 0 Å². The van der Waals surface area contributed by atoms with Crippen molar-refractivity contribution in [3.05, 3.63) is 24.3 Å². The Morgan fingerprint density at radius 3 is 2.41 bits per heavy atom. The van der Waals surface area contributed by atoms with Gasteiger partial charge in [0, 0.05) is 5.69 Å². The second kappa shape index (κ2) is 8.39. The molecule has 0 heterocycles. The Bertz CT molecular complexity index is 468. The van der Waals surface area contributed by atoms with Gasteiger partial charge in [-0.2, -0.15) is 0 Å². The Kier molecular flexibility index (Phi) is 6.52. The Balaban J connectivity index is 0.00000176. The molecule has 122 valence electrons. The summed E-state index contributed by atoms with van der Waals surface area (Å²) in [5, 5.41) is 6.09. The lowest BCUT2D eigenvalue weighted by molar-refractivity contribution is -0.115. The van der Waals surface area contributed by atoms with Crippen molar-refractivity contribution >= 4 is 24.0 Å². The van der Waals surface area contributed by atoms with Crippen molar-refractivity contribution in [1.29, 1.82) is 0 Å². The van der Waals surface area contributed by atoms with Crippen molar-refractivity contribution in [2.75, 3.05) is 18.4 Å². The van der Waals surface area contributed by atoms with Gasteiger partial charge >= 0.3 is 0 Å². The van der Waals surface area contributed by atoms with Crippen molar-refractivity contribution in [1.82, 2.24) is 5.32 Å². The molecule has 0 bridgehead atoms. The Morgan fingerprint density at radius 1 is 1.09 bits per heavy atom. The minimum absolute atomic E-state index is 0. The molecule has 0 unspecified atom stereocenters. The molecule has 2 fully saturated rings. The molecule has 0 radical (unpaired) electrons. The van der Waals surface area contributed by atoms with E-state index < -0.39 is 0 Å². The summed E-state index contributed by atoms with van der Waals surface area (Å²) in [6.07, 6.45) is 7.83. The van der Waals surface area contributed by atoms with Crippen molar-refractivity contribution in [3.63, 3.8) is 0 Å². The summed E-state index contributed by atoms with van der Waals surface area (Å²) in [4.78, 5) is 11.8. The van der Waals surface area contributed by atoms with Crippen molar-refractivity contribution in [2.45, 2.75) is 44.6 Å². The van der Waals surface area contributed by atoms with E-state index in [-0.39, 0.29) is 18.3 Å². The van der Waals surface area contributed by atoms with Crippen LogP contribution in [0.4, 0.5) is 5.69 Å². The summed E-state index contributed by atoms with van der Waals surface area (Å²) in [7, 11) is 0. The van der Waals surface area contributed by atoms with Crippen molar-refractivity contribution in [2.24, 2.45) is 5.92 Å². The van der Waals surface area contributed by atoms with Crippen LogP contribution in [0.5, 0.6) is 5.75 Å². The molecule has 3 rings (SSSR count). The van der Waals surface area contributed by atoms with E-state index in [4.69, 9.17) is 4.74 Å². The van der Waals surface area contributed by atoms with Gasteiger partial charge in [0.25, 0.3) is 0 Å². The number of nitrogens with one attached hydrogen (secondary N) is 2. The number of rotatable bonds is 7. The lowest BCUT2D eigenvalue weighted by atomic mass is 10.2. The van der Waals surface area contributed by atoms with Gasteiger partial charge in [-0.15, -0.1) is 12.4 Å². The predicted molar refractivity (Wildman–Crippen MR) is 90.8 cm³/mol. The standard InChI is InChI=1S/C17H24N2O2.ClH/c20-17(12-18-11-13-5-6-13)19-14-7-9-16(10-8-14)21-15-3-1-2-4-15;/h7-10,13,15,18H,1-6,11-12H2,(H,19,20);1H. The molecule has 0 atom stereocenters. The molecule has 2 saturated carbocycles. The van der Waals surface area contributed by atoms with Crippen LogP contribution in [-0.2, 0) is 4.79 Å². The molecule has 2 N–H and O–H groups in total. The Labute approximate surface area is 138 Å². The average molecular weight is 325 g/mol. The molecule has 2 aliphatic carbocycles. The highest BCUT2D eigenvalue weighted by Crippen LogP contribution is 2.27. The molecule has 2 aliphatic rings. The second-order valence-electron chi connectivity index (χ2n) is 6.17. The zero-order chi connectivity index (χ0) is 14.5. The quantitative estimate of drug-likeness (QED) is 0.808. The van der Waals surface area contributed by atoms with E-state index in [0.717, 1.165) is 36.7 Å². The van der Waals surface area contributed by atoms with Gasteiger partial charge in [-0.25, -0.2) is 0 Å². The predicted octanol–water partition coefficient (Wildman–Crippen LogP) is 3.37. The summed E-state index contributed by atoms with van der Waals surface area (Å²) >= 11 is 0. The maximum Gasteiger partial charge on any atom is 0.238 e. The van der Waals surface area contributed by atoms with Crippen LogP contribution in [0.15, 0.2) is 24.3 Å². The fourth-order valence-electron chi connectivity index (χ4n) is 2.73. The number of hydrogen-bond acceptors (Lipinski definition) is 3. The topological polar surface area (TPSA) is 50.4 Å². The van der Waals surface area contributed by atoms with Gasteiger partial charge in [0.05, 0.1) is 12.6 Å². The number of benzene rings is 1. The summed E-state index contributed by atoms with van der Waals surface area (Å²) in [6.45, 7) is 1.35. The molecular formula is C17H25ClN2O2. The summed E-state index contributed by atoms with van der Waals surface area (Å²) in [5.41, 5.74) is 0.826. The van der Waals surface area contributed by atoms with Crippen LogP contribution in [-0.4, -0.2) is 25.1 Å². The van der Waals surface area contributed by atoms with Crippen molar-refractivity contribution < 1.29 is 9.53 Å². The molecule has 5 heteroatoms. The minimum atomic E-state index is 0. The SMILES string of the molecule is Cl.O=C(CNCC1CC1)Nc1ccc(OC2CCCC2)cc1. The monoisotopic (exact) mass is 324 g/mol. The third-order valence-corrected chi connectivity index (χ3v) is 4.16. The highest BCUT2D eigenvalue weighted by molar-refractivity contribution is 5.92. The molecule has 1 aromatic rings.